The van der Waals surface area contributed by atoms with Crippen LogP contribution in [0, 0.1) is 0 Å². The molecule has 2 rings (SSSR count). The van der Waals surface area contributed by atoms with Gasteiger partial charge in [0.05, 0.1) is 32.6 Å². The number of carbonyl (C=O) groups is 1. The van der Waals surface area contributed by atoms with Gasteiger partial charge in [-0.1, -0.05) is 28.4 Å². The largest absolute Gasteiger partial charge is 0.479 e. The molecule has 0 saturated heterocycles. The molecule has 0 radical (unpaired) electrons. The van der Waals surface area contributed by atoms with E-state index in [-0.39, 0.29) is 22.1 Å². The second-order valence-electron chi connectivity index (χ2n) is 5.15. The van der Waals surface area contributed by atoms with Gasteiger partial charge in [-0.2, -0.15) is 18.3 Å². The second kappa shape index (κ2) is 8.37. The molecular formula is C14H11Cl2F3N4O4S. The first-order chi connectivity index (χ1) is 12.9. The number of hydrogen-bond acceptors (Lipinski definition) is 6. The minimum Gasteiger partial charge on any atom is -0.479 e. The molecule has 0 aliphatic heterocycles. The van der Waals surface area contributed by atoms with Crippen LogP contribution in [0.5, 0.6) is 0 Å². The van der Waals surface area contributed by atoms with Gasteiger partial charge < -0.3 is 15.7 Å². The molecule has 0 bridgehead atoms. The maximum atomic E-state index is 12.9. The minimum absolute atomic E-state index is 0.0188. The van der Waals surface area contributed by atoms with E-state index in [1.54, 1.807) is 0 Å². The molecule has 1 aromatic carbocycles. The summed E-state index contributed by atoms with van der Waals surface area (Å²) in [5.74, 6) is -1.48. The molecule has 0 aliphatic carbocycles. The van der Waals surface area contributed by atoms with E-state index in [0.717, 1.165) is 10.9 Å². The Morgan fingerprint density at radius 2 is 2.00 bits per heavy atom. The monoisotopic (exact) mass is 458 g/mol. The quantitative estimate of drug-likeness (QED) is 0.507. The van der Waals surface area contributed by atoms with Gasteiger partial charge in [0.15, 0.2) is 0 Å². The van der Waals surface area contributed by atoms with Crippen molar-refractivity contribution in [3.05, 3.63) is 33.4 Å². The summed E-state index contributed by atoms with van der Waals surface area (Å²) in [4.78, 5) is 14.9. The molecule has 0 aliphatic rings. The van der Waals surface area contributed by atoms with Gasteiger partial charge in [-0.05, 0) is 12.1 Å². The molecule has 28 heavy (non-hydrogen) atoms. The summed E-state index contributed by atoms with van der Waals surface area (Å²) in [5.41, 5.74) is 4.62. The molecule has 1 unspecified atom stereocenters. The summed E-state index contributed by atoms with van der Waals surface area (Å²) >= 11 is 11.9. The summed E-state index contributed by atoms with van der Waals surface area (Å²) in [5, 5.41) is 15.1. The van der Waals surface area contributed by atoms with Crippen LogP contribution in [0.1, 0.15) is 11.3 Å². The number of nitrogens with two attached hydrogens (primary N) is 1. The van der Waals surface area contributed by atoms with Crippen LogP contribution in [-0.2, 0) is 26.6 Å². The number of nitrogen functional groups attached to an aromatic ring is 1. The van der Waals surface area contributed by atoms with Crippen molar-refractivity contribution in [1.82, 2.24) is 9.78 Å². The Kier molecular flexibility index (Phi) is 6.57. The van der Waals surface area contributed by atoms with Crippen molar-refractivity contribution in [2.75, 3.05) is 18.6 Å². The molecule has 3 N–H and O–H groups in total. The van der Waals surface area contributed by atoms with Gasteiger partial charge in [-0.25, -0.2) is 9.48 Å². The molecule has 14 heteroatoms. The third-order valence-electron chi connectivity index (χ3n) is 3.18. The van der Waals surface area contributed by atoms with Gasteiger partial charge in [-0.3, -0.25) is 4.21 Å². The van der Waals surface area contributed by atoms with Crippen molar-refractivity contribution in [2.24, 2.45) is 5.16 Å². The van der Waals surface area contributed by atoms with Gasteiger partial charge >= 0.3 is 12.1 Å². The normalized spacial score (nSPS) is 13.1. The van der Waals surface area contributed by atoms with Crippen molar-refractivity contribution >= 4 is 52.0 Å². The molecule has 0 spiro atoms. The van der Waals surface area contributed by atoms with E-state index >= 15 is 0 Å². The van der Waals surface area contributed by atoms with E-state index in [1.807, 2.05) is 0 Å². The smallest absolute Gasteiger partial charge is 0.416 e. The highest BCUT2D eigenvalue weighted by atomic mass is 35.5. The van der Waals surface area contributed by atoms with Crippen molar-refractivity contribution < 1.29 is 32.1 Å². The predicted molar refractivity (Wildman–Crippen MR) is 96.5 cm³/mol. The number of hydrogen-bond donors (Lipinski definition) is 2. The van der Waals surface area contributed by atoms with Gasteiger partial charge in [0.2, 0.25) is 6.61 Å². The standard InChI is InChI=1S/C14H11Cl2F3N4O4S/c1-28(26)12-9(4-21-27-5-10(24)25)22-23(13(12)20)11-7(15)2-6(3-8(11)16)14(17,18)19/h2-4H,5,20H2,1H3,(H,24,25)/b21-4+. The molecule has 0 amide bonds. The molecule has 152 valence electrons. The summed E-state index contributed by atoms with van der Waals surface area (Å²) in [6.45, 7) is -0.728. The molecule has 8 nitrogen and oxygen atoms in total. The average Bonchev–Trinajstić information content (AvgIpc) is 2.86. The lowest BCUT2D eigenvalue weighted by Gasteiger charge is -2.13. The fraction of sp³-hybridized carbons (Fsp3) is 0.214. The highest BCUT2D eigenvalue weighted by Gasteiger charge is 2.33. The van der Waals surface area contributed by atoms with Crippen LogP contribution in [0.2, 0.25) is 10.0 Å². The van der Waals surface area contributed by atoms with E-state index in [1.165, 1.54) is 6.26 Å². The maximum absolute atomic E-state index is 12.9. The Balaban J connectivity index is 2.57. The first kappa shape index (κ1) is 22.0. The molecule has 0 saturated carbocycles. The molecule has 2 aromatic rings. The van der Waals surface area contributed by atoms with Crippen molar-refractivity contribution in [2.45, 2.75) is 11.1 Å². The zero-order valence-corrected chi connectivity index (χ0v) is 16.2. The maximum Gasteiger partial charge on any atom is 0.416 e. The molecule has 0 fully saturated rings. The summed E-state index contributed by atoms with van der Waals surface area (Å²) in [6, 6.07) is 1.30. The summed E-state index contributed by atoms with van der Waals surface area (Å²) in [6.07, 6.45) is -2.43. The average molecular weight is 459 g/mol. The second-order valence-corrected chi connectivity index (χ2v) is 7.28. The van der Waals surface area contributed by atoms with Crippen LogP contribution < -0.4 is 5.73 Å². The van der Waals surface area contributed by atoms with Gasteiger partial charge in [0.1, 0.15) is 22.1 Å². The lowest BCUT2D eigenvalue weighted by atomic mass is 10.2. The van der Waals surface area contributed by atoms with E-state index < -0.39 is 45.2 Å². The van der Waals surface area contributed by atoms with E-state index in [0.29, 0.717) is 12.1 Å². The molecular weight excluding hydrogens is 448 g/mol. The van der Waals surface area contributed by atoms with Crippen LogP contribution in [0.25, 0.3) is 5.69 Å². The zero-order chi connectivity index (χ0) is 21.2. The number of aromatic nitrogens is 2. The van der Waals surface area contributed by atoms with Crippen molar-refractivity contribution in [1.29, 1.82) is 0 Å². The van der Waals surface area contributed by atoms with E-state index in [2.05, 4.69) is 15.1 Å². The number of rotatable bonds is 6. The number of oxime groups is 1. The molecule has 1 atom stereocenters. The number of nitrogens with zero attached hydrogens (tertiary/aromatic N) is 3. The van der Waals surface area contributed by atoms with Crippen LogP contribution >= 0.6 is 23.2 Å². The summed E-state index contributed by atoms with van der Waals surface area (Å²) in [7, 11) is -1.69. The topological polar surface area (TPSA) is 120 Å². The van der Waals surface area contributed by atoms with E-state index in [9.17, 15) is 22.2 Å². The Labute approximate surface area is 168 Å². The number of carboxylic acid groups (broad SMARTS) is 1. The summed E-state index contributed by atoms with van der Waals surface area (Å²) < 4.78 is 51.6. The van der Waals surface area contributed by atoms with Crippen LogP contribution in [-0.4, -0.2) is 44.1 Å². The fourth-order valence-corrected chi connectivity index (χ4v) is 3.51. The number of carboxylic acids is 1. The SMILES string of the molecule is CS(=O)c1c(/C=N/OCC(=O)O)nn(-c2c(Cl)cc(C(F)(F)F)cc2Cl)c1N. The highest BCUT2D eigenvalue weighted by Crippen LogP contribution is 2.38. The first-order valence-electron chi connectivity index (χ1n) is 7.09. The molecule has 1 aromatic heterocycles. The van der Waals surface area contributed by atoms with Crippen molar-refractivity contribution in [3.8, 4) is 5.69 Å². The van der Waals surface area contributed by atoms with Gasteiger partial charge in [-0.15, -0.1) is 0 Å². The number of anilines is 1. The number of benzene rings is 1. The third-order valence-corrected chi connectivity index (χ3v) is 4.75. The Morgan fingerprint density at radius 3 is 2.46 bits per heavy atom. The fourth-order valence-electron chi connectivity index (χ4n) is 2.10. The zero-order valence-electron chi connectivity index (χ0n) is 13.8. The first-order valence-corrected chi connectivity index (χ1v) is 9.40. The lowest BCUT2D eigenvalue weighted by molar-refractivity contribution is -0.142. The third kappa shape index (κ3) is 4.75. The van der Waals surface area contributed by atoms with Crippen LogP contribution in [0.3, 0.4) is 0 Å². The predicted octanol–water partition coefficient (Wildman–Crippen LogP) is 2.95. The number of halogens is 5. The Morgan fingerprint density at radius 1 is 1.43 bits per heavy atom. The minimum atomic E-state index is -4.67. The van der Waals surface area contributed by atoms with Crippen LogP contribution in [0.15, 0.2) is 22.2 Å². The molecule has 1 heterocycles. The van der Waals surface area contributed by atoms with Gasteiger partial charge in [0.25, 0.3) is 0 Å². The number of aliphatic carboxylic acids is 1. The van der Waals surface area contributed by atoms with E-state index in [4.69, 9.17) is 34.0 Å². The van der Waals surface area contributed by atoms with Crippen molar-refractivity contribution in [3.63, 3.8) is 0 Å². The lowest BCUT2D eigenvalue weighted by Crippen LogP contribution is -2.09. The van der Waals surface area contributed by atoms with Crippen LogP contribution in [0.4, 0.5) is 19.0 Å². The number of alkyl halides is 3. The Bertz CT molecular complexity index is 955. The highest BCUT2D eigenvalue weighted by molar-refractivity contribution is 7.84. The van der Waals surface area contributed by atoms with Gasteiger partial charge in [0, 0.05) is 6.26 Å². The Hall–Kier alpha value is -2.31.